The fraction of sp³-hybridized carbons (Fsp3) is 0.217. The normalized spacial score (nSPS) is 15.6. The Hall–Kier alpha value is -3.48. The minimum Gasteiger partial charge on any atom is -0.459 e. The molecule has 0 N–H and O–H groups in total. The highest BCUT2D eigenvalue weighted by atomic mass is 19.1. The molecule has 0 saturated carbocycles. The van der Waals surface area contributed by atoms with Gasteiger partial charge in [-0.2, -0.15) is 0 Å². The fourth-order valence-corrected chi connectivity index (χ4v) is 3.46. The van der Waals surface area contributed by atoms with Crippen LogP contribution in [0.1, 0.15) is 33.7 Å². The predicted molar refractivity (Wildman–Crippen MR) is 107 cm³/mol. The average Bonchev–Trinajstić information content (AvgIpc) is 3.41. The molecular weight excluding hydrogens is 390 g/mol. The largest absolute Gasteiger partial charge is 0.459 e. The minimum absolute atomic E-state index is 0.0504. The summed E-state index contributed by atoms with van der Waals surface area (Å²) in [5, 5.41) is 4.19. The molecular formula is C23H20F2N2O3. The maximum atomic E-state index is 14.2. The van der Waals surface area contributed by atoms with Crippen LogP contribution in [0.4, 0.5) is 8.78 Å². The van der Waals surface area contributed by atoms with Gasteiger partial charge in [-0.05, 0) is 30.7 Å². The lowest BCUT2D eigenvalue weighted by atomic mass is 10.00. The summed E-state index contributed by atoms with van der Waals surface area (Å²) in [5.41, 5.74) is 3.08. The zero-order chi connectivity index (χ0) is 21.1. The molecule has 1 aliphatic heterocycles. The Kier molecular flexibility index (Phi) is 5.61. The molecule has 1 aromatic heterocycles. The van der Waals surface area contributed by atoms with E-state index in [-0.39, 0.29) is 30.5 Å². The molecule has 0 aliphatic carbocycles. The molecule has 4 rings (SSSR count). The van der Waals surface area contributed by atoms with E-state index in [0.29, 0.717) is 6.42 Å². The number of carbonyl (C=O) groups is 1. The third-order valence-corrected chi connectivity index (χ3v) is 5.01. The number of amides is 1. The Morgan fingerprint density at radius 3 is 2.73 bits per heavy atom. The van der Waals surface area contributed by atoms with E-state index in [1.54, 1.807) is 12.1 Å². The van der Waals surface area contributed by atoms with Crippen LogP contribution in [0.25, 0.3) is 0 Å². The van der Waals surface area contributed by atoms with Crippen LogP contribution in [-0.4, -0.2) is 29.2 Å². The maximum absolute atomic E-state index is 14.2. The molecule has 0 radical (unpaired) electrons. The highest BCUT2D eigenvalue weighted by molar-refractivity contribution is 6.02. The molecule has 30 heavy (non-hydrogen) atoms. The minimum atomic E-state index is -0.712. The maximum Gasteiger partial charge on any atom is 0.289 e. The number of nitrogens with zero attached hydrogens (tertiary/aromatic N) is 2. The molecule has 3 aromatic rings. The van der Waals surface area contributed by atoms with Gasteiger partial charge >= 0.3 is 0 Å². The molecule has 2 heterocycles. The van der Waals surface area contributed by atoms with Gasteiger partial charge in [-0.25, -0.2) is 8.78 Å². The van der Waals surface area contributed by atoms with Crippen molar-refractivity contribution in [3.05, 3.63) is 94.9 Å². The monoisotopic (exact) mass is 410 g/mol. The number of halogens is 2. The van der Waals surface area contributed by atoms with Crippen LogP contribution in [0.5, 0.6) is 0 Å². The zero-order valence-electron chi connectivity index (χ0n) is 16.3. The van der Waals surface area contributed by atoms with Gasteiger partial charge in [0.15, 0.2) is 11.9 Å². The van der Waals surface area contributed by atoms with Crippen molar-refractivity contribution < 1.29 is 22.8 Å². The van der Waals surface area contributed by atoms with Gasteiger partial charge in [-0.1, -0.05) is 35.5 Å². The first-order valence-corrected chi connectivity index (χ1v) is 9.56. The first-order chi connectivity index (χ1) is 14.5. The molecule has 1 amide bonds. The van der Waals surface area contributed by atoms with Gasteiger partial charge in [0.25, 0.3) is 5.91 Å². The van der Waals surface area contributed by atoms with Crippen molar-refractivity contribution in [3.63, 3.8) is 0 Å². The number of furan rings is 1. The lowest BCUT2D eigenvalue weighted by Crippen LogP contribution is -2.37. The Morgan fingerprint density at radius 2 is 2.00 bits per heavy atom. The van der Waals surface area contributed by atoms with Crippen molar-refractivity contribution in [2.24, 2.45) is 5.16 Å². The van der Waals surface area contributed by atoms with Gasteiger partial charge in [0.1, 0.15) is 11.6 Å². The van der Waals surface area contributed by atoms with Gasteiger partial charge in [0.05, 0.1) is 18.5 Å². The summed E-state index contributed by atoms with van der Waals surface area (Å²) in [4.78, 5) is 19.9. The zero-order valence-corrected chi connectivity index (χ0v) is 16.3. The first kappa shape index (κ1) is 19.8. The van der Waals surface area contributed by atoms with E-state index >= 15 is 0 Å². The van der Waals surface area contributed by atoms with Crippen LogP contribution in [0.3, 0.4) is 0 Å². The number of aryl methyl sites for hydroxylation is 1. The molecule has 7 heteroatoms. The standard InChI is InChI=1S/C23H20F2N2O3/c1-15-5-2-3-6-19(15)21-12-18(30-26-21)14-27(23(28)22-7-4-10-29-22)13-16-8-9-17(24)11-20(16)25/h2-11,18H,12-14H2,1H3/t18-/m1/s1. The van der Waals surface area contributed by atoms with E-state index < -0.39 is 17.5 Å². The second-order valence-electron chi connectivity index (χ2n) is 7.18. The molecule has 5 nitrogen and oxygen atoms in total. The quantitative estimate of drug-likeness (QED) is 0.592. The van der Waals surface area contributed by atoms with Crippen molar-refractivity contribution in [2.75, 3.05) is 6.54 Å². The number of benzene rings is 2. The molecule has 1 atom stereocenters. The second-order valence-corrected chi connectivity index (χ2v) is 7.18. The van der Waals surface area contributed by atoms with Crippen molar-refractivity contribution in [1.82, 2.24) is 4.90 Å². The van der Waals surface area contributed by atoms with Crippen LogP contribution in [-0.2, 0) is 11.4 Å². The van der Waals surface area contributed by atoms with Crippen LogP contribution in [0.2, 0.25) is 0 Å². The smallest absolute Gasteiger partial charge is 0.289 e. The van der Waals surface area contributed by atoms with E-state index in [1.165, 1.54) is 23.3 Å². The fourth-order valence-electron chi connectivity index (χ4n) is 3.46. The third kappa shape index (κ3) is 4.25. The van der Waals surface area contributed by atoms with Crippen LogP contribution >= 0.6 is 0 Å². The molecule has 2 aromatic carbocycles. The van der Waals surface area contributed by atoms with E-state index in [2.05, 4.69) is 5.16 Å². The van der Waals surface area contributed by atoms with Crippen molar-refractivity contribution >= 4 is 11.6 Å². The average molecular weight is 410 g/mol. The molecule has 0 unspecified atom stereocenters. The Balaban J connectivity index is 1.52. The molecule has 1 aliphatic rings. The molecule has 0 fully saturated rings. The molecule has 0 spiro atoms. The Labute approximate surface area is 172 Å². The molecule has 154 valence electrons. The summed E-state index contributed by atoms with van der Waals surface area (Å²) in [6, 6.07) is 14.3. The van der Waals surface area contributed by atoms with Crippen LogP contribution in [0.15, 0.2) is 70.4 Å². The van der Waals surface area contributed by atoms with Gasteiger partial charge in [-0.3, -0.25) is 4.79 Å². The summed E-state index contributed by atoms with van der Waals surface area (Å²) in [6.45, 7) is 2.12. The molecule has 0 saturated heterocycles. The Bertz CT molecular complexity index is 1080. The van der Waals surface area contributed by atoms with E-state index in [1.807, 2.05) is 31.2 Å². The van der Waals surface area contributed by atoms with Gasteiger partial charge in [0.2, 0.25) is 0 Å². The second kappa shape index (κ2) is 8.49. The van der Waals surface area contributed by atoms with Crippen molar-refractivity contribution in [3.8, 4) is 0 Å². The SMILES string of the molecule is Cc1ccccc1C1=NO[C@@H](CN(Cc2ccc(F)cc2F)C(=O)c2ccco2)C1. The Morgan fingerprint density at radius 1 is 1.17 bits per heavy atom. The number of carbonyl (C=O) groups excluding carboxylic acids is 1. The number of rotatable bonds is 6. The highest BCUT2D eigenvalue weighted by Gasteiger charge is 2.29. The lowest BCUT2D eigenvalue weighted by molar-refractivity contribution is 0.0385. The number of hydrogen-bond acceptors (Lipinski definition) is 4. The van der Waals surface area contributed by atoms with Gasteiger partial charge < -0.3 is 14.2 Å². The van der Waals surface area contributed by atoms with Crippen LogP contribution < -0.4 is 0 Å². The summed E-state index contributed by atoms with van der Waals surface area (Å²) >= 11 is 0. The van der Waals surface area contributed by atoms with Crippen LogP contribution in [0, 0.1) is 18.6 Å². The summed E-state index contributed by atoms with van der Waals surface area (Å²) < 4.78 is 32.7. The third-order valence-electron chi connectivity index (χ3n) is 5.01. The summed E-state index contributed by atoms with van der Waals surface area (Å²) in [5.74, 6) is -1.65. The first-order valence-electron chi connectivity index (χ1n) is 9.56. The lowest BCUT2D eigenvalue weighted by Gasteiger charge is -2.24. The number of oxime groups is 1. The van der Waals surface area contributed by atoms with Crippen molar-refractivity contribution in [1.29, 1.82) is 0 Å². The topological polar surface area (TPSA) is 55.0 Å². The van der Waals surface area contributed by atoms with Gasteiger partial charge in [0, 0.05) is 30.2 Å². The highest BCUT2D eigenvalue weighted by Crippen LogP contribution is 2.22. The van der Waals surface area contributed by atoms with Gasteiger partial charge in [-0.15, -0.1) is 0 Å². The van der Waals surface area contributed by atoms with E-state index in [4.69, 9.17) is 9.25 Å². The number of hydrogen-bond donors (Lipinski definition) is 0. The summed E-state index contributed by atoms with van der Waals surface area (Å²) in [7, 11) is 0. The molecule has 0 bridgehead atoms. The predicted octanol–water partition coefficient (Wildman–Crippen LogP) is 4.70. The van der Waals surface area contributed by atoms with Crippen molar-refractivity contribution in [2.45, 2.75) is 26.0 Å². The van der Waals surface area contributed by atoms with E-state index in [9.17, 15) is 13.6 Å². The van der Waals surface area contributed by atoms with E-state index in [0.717, 1.165) is 22.9 Å². The summed E-state index contributed by atoms with van der Waals surface area (Å²) in [6.07, 6.45) is 1.52.